The molecule has 0 aromatic heterocycles. The predicted molar refractivity (Wildman–Crippen MR) is 45.9 cm³/mol. The second-order valence-corrected chi connectivity index (χ2v) is 3.20. The number of hydrogen-bond acceptors (Lipinski definition) is 2. The van der Waals surface area contributed by atoms with E-state index in [1.807, 2.05) is 23.5 Å². The summed E-state index contributed by atoms with van der Waals surface area (Å²) in [6.45, 7) is 0. The van der Waals surface area contributed by atoms with Crippen LogP contribution in [0.15, 0.2) is 12.2 Å². The number of hydrogen-bond donors (Lipinski definition) is 0. The van der Waals surface area contributed by atoms with Crippen molar-refractivity contribution in [3.63, 3.8) is 0 Å². The Morgan fingerprint density at radius 3 is 1.62 bits per heavy atom. The first-order valence-corrected chi connectivity index (χ1v) is 5.33. The Morgan fingerprint density at radius 1 is 1.00 bits per heavy atom. The minimum Gasteiger partial charge on any atom is -0.161 e. The highest BCUT2D eigenvalue weighted by Gasteiger charge is 1.71. The SMILES string of the molecule is CSC/C=C\CSC. The van der Waals surface area contributed by atoms with Crippen LogP contribution >= 0.6 is 23.5 Å². The summed E-state index contributed by atoms with van der Waals surface area (Å²) in [5.41, 5.74) is 0. The van der Waals surface area contributed by atoms with Crippen LogP contribution in [0.5, 0.6) is 0 Å². The molecule has 0 fully saturated rings. The van der Waals surface area contributed by atoms with Gasteiger partial charge in [-0.3, -0.25) is 0 Å². The van der Waals surface area contributed by atoms with Crippen molar-refractivity contribution in [3.05, 3.63) is 12.2 Å². The molecule has 0 saturated heterocycles. The van der Waals surface area contributed by atoms with Crippen molar-refractivity contribution in [2.75, 3.05) is 24.0 Å². The lowest BCUT2D eigenvalue weighted by Crippen LogP contribution is -1.69. The molecule has 0 saturated carbocycles. The van der Waals surface area contributed by atoms with Crippen LogP contribution < -0.4 is 0 Å². The fourth-order valence-corrected chi connectivity index (χ4v) is 0.986. The smallest absolute Gasteiger partial charge is 0.0110 e. The summed E-state index contributed by atoms with van der Waals surface area (Å²) < 4.78 is 0. The Bertz CT molecular complexity index is 51.5. The van der Waals surface area contributed by atoms with Crippen LogP contribution in [0.2, 0.25) is 0 Å². The van der Waals surface area contributed by atoms with Crippen LogP contribution in [0, 0.1) is 0 Å². The normalized spacial score (nSPS) is 10.8. The van der Waals surface area contributed by atoms with Gasteiger partial charge in [-0.15, -0.1) is 0 Å². The third-order valence-electron chi connectivity index (χ3n) is 0.692. The van der Waals surface area contributed by atoms with Gasteiger partial charge in [0, 0.05) is 11.5 Å². The first-order chi connectivity index (χ1) is 3.91. The molecule has 0 atom stereocenters. The quantitative estimate of drug-likeness (QED) is 0.561. The van der Waals surface area contributed by atoms with Gasteiger partial charge in [0.25, 0.3) is 0 Å². The zero-order chi connectivity index (χ0) is 6.24. The maximum Gasteiger partial charge on any atom is 0.0110 e. The summed E-state index contributed by atoms with van der Waals surface area (Å²) in [5.74, 6) is 2.31. The van der Waals surface area contributed by atoms with Gasteiger partial charge in [0.1, 0.15) is 0 Å². The van der Waals surface area contributed by atoms with Crippen molar-refractivity contribution in [1.82, 2.24) is 0 Å². The zero-order valence-electron chi connectivity index (χ0n) is 5.39. The Kier molecular flexibility index (Phi) is 7.85. The van der Waals surface area contributed by atoms with E-state index in [4.69, 9.17) is 0 Å². The van der Waals surface area contributed by atoms with Crippen LogP contribution in [0.25, 0.3) is 0 Å². The Labute approximate surface area is 60.1 Å². The standard InChI is InChI=1S/C6H12S2/c1-7-5-3-4-6-8-2/h3-4H,5-6H2,1-2H3/b4-3-. The summed E-state index contributed by atoms with van der Waals surface area (Å²) in [4.78, 5) is 0. The van der Waals surface area contributed by atoms with E-state index in [-0.39, 0.29) is 0 Å². The van der Waals surface area contributed by atoms with E-state index in [2.05, 4.69) is 24.7 Å². The van der Waals surface area contributed by atoms with Crippen LogP contribution in [0.3, 0.4) is 0 Å². The molecule has 0 rings (SSSR count). The molecule has 0 heterocycles. The molecule has 2 heteroatoms. The number of rotatable bonds is 4. The zero-order valence-corrected chi connectivity index (χ0v) is 7.02. The maximum atomic E-state index is 2.21. The Hall–Kier alpha value is 0.440. The van der Waals surface area contributed by atoms with Crippen LogP contribution in [-0.4, -0.2) is 24.0 Å². The van der Waals surface area contributed by atoms with Crippen molar-refractivity contribution >= 4 is 23.5 Å². The maximum absolute atomic E-state index is 2.21. The van der Waals surface area contributed by atoms with E-state index < -0.39 is 0 Å². The van der Waals surface area contributed by atoms with Crippen molar-refractivity contribution < 1.29 is 0 Å². The summed E-state index contributed by atoms with van der Waals surface area (Å²) >= 11 is 3.71. The van der Waals surface area contributed by atoms with Crippen LogP contribution in [-0.2, 0) is 0 Å². The lowest BCUT2D eigenvalue weighted by molar-refractivity contribution is 1.67. The summed E-state index contributed by atoms with van der Waals surface area (Å²) in [6, 6.07) is 0. The van der Waals surface area contributed by atoms with E-state index in [9.17, 15) is 0 Å². The van der Waals surface area contributed by atoms with Crippen molar-refractivity contribution in [3.8, 4) is 0 Å². The molecule has 48 valence electrons. The third-order valence-corrected chi connectivity index (χ3v) is 1.74. The number of thioether (sulfide) groups is 2. The minimum atomic E-state index is 1.15. The second kappa shape index (κ2) is 7.44. The molecule has 0 amide bonds. The van der Waals surface area contributed by atoms with Crippen molar-refractivity contribution in [2.24, 2.45) is 0 Å². The van der Waals surface area contributed by atoms with Crippen molar-refractivity contribution in [2.45, 2.75) is 0 Å². The molecule has 0 radical (unpaired) electrons. The second-order valence-electron chi connectivity index (χ2n) is 1.38. The first kappa shape index (κ1) is 8.44. The molecule has 0 aromatic rings. The minimum absolute atomic E-state index is 1.15. The van der Waals surface area contributed by atoms with Gasteiger partial charge < -0.3 is 0 Å². The first-order valence-electron chi connectivity index (χ1n) is 2.54. The molecule has 0 aromatic carbocycles. The average molecular weight is 148 g/mol. The van der Waals surface area contributed by atoms with Crippen molar-refractivity contribution in [1.29, 1.82) is 0 Å². The van der Waals surface area contributed by atoms with E-state index in [0.717, 1.165) is 11.5 Å². The lowest BCUT2D eigenvalue weighted by Gasteiger charge is -1.83. The van der Waals surface area contributed by atoms with E-state index in [1.165, 1.54) is 0 Å². The van der Waals surface area contributed by atoms with Crippen LogP contribution in [0.4, 0.5) is 0 Å². The third kappa shape index (κ3) is 6.44. The van der Waals surface area contributed by atoms with Gasteiger partial charge >= 0.3 is 0 Å². The lowest BCUT2D eigenvalue weighted by atomic mass is 10.6. The summed E-state index contributed by atoms with van der Waals surface area (Å²) in [6.07, 6.45) is 8.65. The molecular weight excluding hydrogens is 136 g/mol. The molecule has 0 nitrogen and oxygen atoms in total. The average Bonchev–Trinajstić information content (AvgIpc) is 1.81. The van der Waals surface area contributed by atoms with Gasteiger partial charge in [-0.25, -0.2) is 0 Å². The van der Waals surface area contributed by atoms with E-state index in [1.54, 1.807) is 0 Å². The highest BCUT2D eigenvalue weighted by atomic mass is 32.2. The molecular formula is C6H12S2. The monoisotopic (exact) mass is 148 g/mol. The molecule has 0 bridgehead atoms. The van der Waals surface area contributed by atoms with E-state index in [0.29, 0.717) is 0 Å². The Balaban J connectivity index is 2.83. The fourth-order valence-electron chi connectivity index (χ4n) is 0.329. The molecule has 0 N–H and O–H groups in total. The predicted octanol–water partition coefficient (Wildman–Crippen LogP) is 2.27. The van der Waals surface area contributed by atoms with Gasteiger partial charge in [-0.05, 0) is 12.5 Å². The van der Waals surface area contributed by atoms with Crippen LogP contribution in [0.1, 0.15) is 0 Å². The van der Waals surface area contributed by atoms with Gasteiger partial charge in [0.2, 0.25) is 0 Å². The topological polar surface area (TPSA) is 0 Å². The summed E-state index contributed by atoms with van der Waals surface area (Å²) in [7, 11) is 0. The van der Waals surface area contributed by atoms with Gasteiger partial charge in [0.05, 0.1) is 0 Å². The molecule has 0 spiro atoms. The molecule has 0 aliphatic heterocycles. The van der Waals surface area contributed by atoms with Gasteiger partial charge in [-0.2, -0.15) is 23.5 Å². The van der Waals surface area contributed by atoms with Gasteiger partial charge in [-0.1, -0.05) is 12.2 Å². The largest absolute Gasteiger partial charge is 0.161 e. The summed E-state index contributed by atoms with van der Waals surface area (Å²) in [5, 5.41) is 0. The van der Waals surface area contributed by atoms with E-state index >= 15 is 0 Å². The molecule has 0 aliphatic rings. The Morgan fingerprint density at radius 2 is 1.38 bits per heavy atom. The molecule has 0 aliphatic carbocycles. The molecule has 0 unspecified atom stereocenters. The highest BCUT2D eigenvalue weighted by Crippen LogP contribution is 1.94. The highest BCUT2D eigenvalue weighted by molar-refractivity contribution is 7.99. The van der Waals surface area contributed by atoms with Gasteiger partial charge in [0.15, 0.2) is 0 Å². The molecule has 8 heavy (non-hydrogen) atoms. The fraction of sp³-hybridized carbons (Fsp3) is 0.667.